The van der Waals surface area contributed by atoms with E-state index in [4.69, 9.17) is 11.3 Å². The third kappa shape index (κ3) is 4.56. The Bertz CT molecular complexity index is 850. The summed E-state index contributed by atoms with van der Waals surface area (Å²) >= 11 is 3.33. The van der Waals surface area contributed by atoms with Gasteiger partial charge in [0.05, 0.1) is 11.3 Å². The van der Waals surface area contributed by atoms with Gasteiger partial charge in [0.2, 0.25) is 0 Å². The minimum Gasteiger partial charge on any atom is -0.352 e. The van der Waals surface area contributed by atoms with Crippen molar-refractivity contribution in [2.24, 2.45) is 0 Å². The number of halogens is 3. The van der Waals surface area contributed by atoms with Crippen LogP contribution in [-0.2, 0) is 4.84 Å². The number of carbonyl (C=O) groups excluding carboxylic acids is 1. The van der Waals surface area contributed by atoms with Crippen LogP contribution in [0.4, 0.5) is 20.2 Å². The molecule has 1 atom stereocenters. The topological polar surface area (TPSA) is 50.4 Å². The molecule has 2 N–H and O–H groups in total. The number of anilines is 2. The Hall–Kier alpha value is -2.43. The maximum absolute atomic E-state index is 14.3. The molecule has 25 heavy (non-hydrogen) atoms. The predicted octanol–water partition coefficient (Wildman–Crippen LogP) is 4.46. The average Bonchev–Trinajstić information content (AvgIpc) is 2.58. The molecule has 0 spiro atoms. The molecule has 7 heteroatoms. The molecule has 130 valence electrons. The lowest BCUT2D eigenvalue weighted by Gasteiger charge is -2.16. The van der Waals surface area contributed by atoms with Crippen molar-refractivity contribution < 1.29 is 18.4 Å². The first kappa shape index (κ1) is 18.9. The summed E-state index contributed by atoms with van der Waals surface area (Å²) in [5, 5.41) is 2.77. The van der Waals surface area contributed by atoms with Gasteiger partial charge in [0.15, 0.2) is 11.6 Å². The number of hydroxylamine groups is 1. The molecule has 1 unspecified atom stereocenters. The van der Waals surface area contributed by atoms with Crippen LogP contribution in [0.25, 0.3) is 0 Å². The third-order valence-electron chi connectivity index (χ3n) is 3.35. The second-order valence-electron chi connectivity index (χ2n) is 5.23. The van der Waals surface area contributed by atoms with Gasteiger partial charge in [-0.25, -0.2) is 14.3 Å². The molecular weight excluding hydrogens is 394 g/mol. The summed E-state index contributed by atoms with van der Waals surface area (Å²) in [6, 6.07) is 7.26. The number of hydrogen-bond acceptors (Lipinski definition) is 3. The molecule has 4 nitrogen and oxygen atoms in total. The van der Waals surface area contributed by atoms with Crippen LogP contribution in [-0.4, -0.2) is 12.0 Å². The number of terminal acetylenes is 1. The number of hydrogen-bond donors (Lipinski definition) is 2. The zero-order valence-corrected chi connectivity index (χ0v) is 15.1. The Labute approximate surface area is 152 Å². The standard InChI is InChI=1S/C18H15BrF2N2O2/c1-4-11(3)25-23-18(24)13-6-7-14(20)16(21)17(13)22-15-8-5-12(19)9-10(15)2/h1,5-9,11,22H,2-3H3,(H,23,24). The van der Waals surface area contributed by atoms with Crippen molar-refractivity contribution >= 4 is 33.2 Å². The highest BCUT2D eigenvalue weighted by Gasteiger charge is 2.20. The normalized spacial score (nSPS) is 11.5. The fraction of sp³-hybridized carbons (Fsp3) is 0.167. The summed E-state index contributed by atoms with van der Waals surface area (Å²) < 4.78 is 28.8. The zero-order chi connectivity index (χ0) is 18.6. The van der Waals surface area contributed by atoms with Crippen LogP contribution in [0.2, 0.25) is 0 Å². The highest BCUT2D eigenvalue weighted by atomic mass is 79.9. The van der Waals surface area contributed by atoms with E-state index in [1.54, 1.807) is 32.0 Å². The fourth-order valence-electron chi connectivity index (χ4n) is 1.99. The number of benzene rings is 2. The number of amides is 1. The van der Waals surface area contributed by atoms with Crippen LogP contribution in [0, 0.1) is 30.9 Å². The highest BCUT2D eigenvalue weighted by molar-refractivity contribution is 9.10. The minimum absolute atomic E-state index is 0.120. The second kappa shape index (κ2) is 8.10. The first-order valence-corrected chi connectivity index (χ1v) is 8.06. The molecule has 0 aliphatic carbocycles. The molecular formula is C18H15BrF2N2O2. The van der Waals surface area contributed by atoms with Gasteiger partial charge in [-0.1, -0.05) is 21.9 Å². The van der Waals surface area contributed by atoms with E-state index in [2.05, 4.69) is 32.6 Å². The summed E-state index contributed by atoms with van der Waals surface area (Å²) in [7, 11) is 0. The summed E-state index contributed by atoms with van der Waals surface area (Å²) in [5.41, 5.74) is 3.02. The van der Waals surface area contributed by atoms with Crippen LogP contribution in [0.1, 0.15) is 22.8 Å². The van der Waals surface area contributed by atoms with Gasteiger partial charge < -0.3 is 5.32 Å². The number of carbonyl (C=O) groups is 1. The van der Waals surface area contributed by atoms with Crippen LogP contribution in [0.15, 0.2) is 34.8 Å². The molecule has 0 heterocycles. The highest BCUT2D eigenvalue weighted by Crippen LogP contribution is 2.29. The van der Waals surface area contributed by atoms with Crippen molar-refractivity contribution in [3.63, 3.8) is 0 Å². The molecule has 0 bridgehead atoms. The van der Waals surface area contributed by atoms with E-state index in [0.29, 0.717) is 5.69 Å². The van der Waals surface area contributed by atoms with E-state index in [1.807, 2.05) is 0 Å². The smallest absolute Gasteiger partial charge is 0.277 e. The van der Waals surface area contributed by atoms with E-state index < -0.39 is 23.6 Å². The largest absolute Gasteiger partial charge is 0.352 e. The summed E-state index contributed by atoms with van der Waals surface area (Å²) in [6.45, 7) is 3.34. The van der Waals surface area contributed by atoms with Crippen LogP contribution in [0.5, 0.6) is 0 Å². The monoisotopic (exact) mass is 408 g/mol. The van der Waals surface area contributed by atoms with Gasteiger partial charge in [-0.15, -0.1) is 6.42 Å². The molecule has 0 saturated heterocycles. The van der Waals surface area contributed by atoms with Crippen molar-refractivity contribution in [2.75, 3.05) is 5.32 Å². The fourth-order valence-corrected chi connectivity index (χ4v) is 2.47. The van der Waals surface area contributed by atoms with Crippen molar-refractivity contribution in [2.45, 2.75) is 20.0 Å². The minimum atomic E-state index is -1.17. The van der Waals surface area contributed by atoms with Gasteiger partial charge in [0.25, 0.3) is 5.91 Å². The van der Waals surface area contributed by atoms with Gasteiger partial charge in [0, 0.05) is 10.2 Å². The number of nitrogens with one attached hydrogen (secondary N) is 2. The lowest BCUT2D eigenvalue weighted by Crippen LogP contribution is -2.28. The first-order valence-electron chi connectivity index (χ1n) is 7.26. The maximum atomic E-state index is 14.3. The van der Waals surface area contributed by atoms with E-state index in [9.17, 15) is 13.6 Å². The van der Waals surface area contributed by atoms with Gasteiger partial charge >= 0.3 is 0 Å². The van der Waals surface area contributed by atoms with Crippen molar-refractivity contribution in [3.05, 3.63) is 57.6 Å². The Morgan fingerprint density at radius 1 is 1.32 bits per heavy atom. The predicted molar refractivity (Wildman–Crippen MR) is 95.4 cm³/mol. The quantitative estimate of drug-likeness (QED) is 0.566. The van der Waals surface area contributed by atoms with E-state index in [1.165, 1.54) is 0 Å². The zero-order valence-electron chi connectivity index (χ0n) is 13.5. The Kier molecular flexibility index (Phi) is 6.12. The lowest BCUT2D eigenvalue weighted by atomic mass is 10.1. The van der Waals surface area contributed by atoms with E-state index in [-0.39, 0.29) is 11.3 Å². The Morgan fingerprint density at radius 2 is 2.04 bits per heavy atom. The molecule has 0 fully saturated rings. The SMILES string of the molecule is C#CC(C)ONC(=O)c1ccc(F)c(F)c1Nc1ccc(Br)cc1C. The summed E-state index contributed by atoms with van der Waals surface area (Å²) in [6.07, 6.45) is 4.48. The number of aryl methyl sites for hydroxylation is 1. The van der Waals surface area contributed by atoms with Gasteiger partial charge in [-0.05, 0) is 49.7 Å². The van der Waals surface area contributed by atoms with Gasteiger partial charge in [-0.2, -0.15) is 0 Å². The maximum Gasteiger partial charge on any atom is 0.277 e. The van der Waals surface area contributed by atoms with Crippen molar-refractivity contribution in [1.82, 2.24) is 5.48 Å². The molecule has 2 aromatic rings. The van der Waals surface area contributed by atoms with Gasteiger partial charge in [0.1, 0.15) is 6.10 Å². The average molecular weight is 409 g/mol. The van der Waals surface area contributed by atoms with Crippen molar-refractivity contribution in [3.8, 4) is 12.3 Å². The Balaban J connectivity index is 2.37. The molecule has 0 aliphatic heterocycles. The van der Waals surface area contributed by atoms with E-state index in [0.717, 1.165) is 22.2 Å². The van der Waals surface area contributed by atoms with Crippen LogP contribution in [0.3, 0.4) is 0 Å². The summed E-state index contributed by atoms with van der Waals surface area (Å²) in [4.78, 5) is 17.2. The molecule has 2 aromatic carbocycles. The molecule has 0 aliphatic rings. The summed E-state index contributed by atoms with van der Waals surface area (Å²) in [5.74, 6) is -0.727. The third-order valence-corrected chi connectivity index (χ3v) is 3.84. The second-order valence-corrected chi connectivity index (χ2v) is 6.14. The molecule has 1 amide bonds. The first-order chi connectivity index (χ1) is 11.8. The lowest BCUT2D eigenvalue weighted by molar-refractivity contribution is 0.0147. The number of rotatable bonds is 5. The molecule has 0 saturated carbocycles. The molecule has 2 rings (SSSR count). The molecule has 0 aromatic heterocycles. The van der Waals surface area contributed by atoms with Gasteiger partial charge in [-0.3, -0.25) is 9.63 Å². The van der Waals surface area contributed by atoms with E-state index >= 15 is 0 Å². The van der Waals surface area contributed by atoms with Crippen LogP contribution < -0.4 is 10.8 Å². The Morgan fingerprint density at radius 3 is 2.68 bits per heavy atom. The molecule has 0 radical (unpaired) electrons. The van der Waals surface area contributed by atoms with Crippen molar-refractivity contribution in [1.29, 1.82) is 0 Å². The van der Waals surface area contributed by atoms with Crippen LogP contribution >= 0.6 is 15.9 Å².